The van der Waals surface area contributed by atoms with E-state index in [0.29, 0.717) is 0 Å². The molecule has 2 heteroatoms. The van der Waals surface area contributed by atoms with Gasteiger partial charge in [0.15, 0.2) is 0 Å². The molecule has 0 unspecified atom stereocenters. The van der Waals surface area contributed by atoms with Crippen molar-refractivity contribution in [3.8, 4) is 0 Å². The third kappa shape index (κ3) is 1.31. The molecule has 0 atom stereocenters. The molecule has 0 radical (unpaired) electrons. The Morgan fingerprint density at radius 2 is 1.69 bits per heavy atom. The Morgan fingerprint density at radius 1 is 1.08 bits per heavy atom. The summed E-state index contributed by atoms with van der Waals surface area (Å²) in [4.78, 5) is 5.13. The maximum absolute atomic E-state index is 2.69. The van der Waals surface area contributed by atoms with Gasteiger partial charge in [-0.1, -0.05) is 0 Å². The fourth-order valence-electron chi connectivity index (χ4n) is 3.33. The average molecular weight is 180 g/mol. The van der Waals surface area contributed by atoms with E-state index in [9.17, 15) is 0 Å². The van der Waals surface area contributed by atoms with E-state index in [0.717, 1.165) is 11.3 Å². The van der Waals surface area contributed by atoms with Crippen LogP contribution >= 0.6 is 0 Å². The maximum Gasteiger partial charge on any atom is 0.0110 e. The van der Waals surface area contributed by atoms with E-state index in [2.05, 4.69) is 16.8 Å². The number of nitrogens with zero attached hydrogens (tertiary/aromatic N) is 2. The molecule has 4 fully saturated rings. The molecule has 4 aliphatic rings. The lowest BCUT2D eigenvalue weighted by atomic mass is 9.44. The first-order valence-electron chi connectivity index (χ1n) is 5.67. The van der Waals surface area contributed by atoms with Crippen molar-refractivity contribution >= 4 is 0 Å². The Bertz CT molecular complexity index is 189. The number of likely N-dealkylation sites (N-methyl/N-ethyl adjacent to an activating group) is 1. The summed E-state index contributed by atoms with van der Waals surface area (Å²) in [7, 11) is 2.23. The molecule has 0 amide bonds. The van der Waals surface area contributed by atoms with Crippen LogP contribution in [0.5, 0.6) is 0 Å². The fraction of sp³-hybridized carbons (Fsp3) is 1.00. The van der Waals surface area contributed by atoms with Gasteiger partial charge in [0.25, 0.3) is 0 Å². The van der Waals surface area contributed by atoms with Crippen LogP contribution in [-0.2, 0) is 0 Å². The van der Waals surface area contributed by atoms with Gasteiger partial charge in [-0.05, 0) is 37.6 Å². The zero-order valence-electron chi connectivity index (χ0n) is 8.63. The molecule has 0 spiro atoms. The van der Waals surface area contributed by atoms with Crippen LogP contribution in [0.15, 0.2) is 0 Å². The smallest absolute Gasteiger partial charge is 0.0110 e. The highest BCUT2D eigenvalue weighted by Crippen LogP contribution is 2.64. The zero-order valence-corrected chi connectivity index (χ0v) is 8.63. The van der Waals surface area contributed by atoms with Crippen LogP contribution in [0.3, 0.4) is 0 Å². The molecule has 1 heterocycles. The van der Waals surface area contributed by atoms with Crippen molar-refractivity contribution in [2.45, 2.75) is 19.3 Å². The lowest BCUT2D eigenvalue weighted by Gasteiger charge is -2.63. The summed E-state index contributed by atoms with van der Waals surface area (Å²) in [5.41, 5.74) is 0.820. The summed E-state index contributed by atoms with van der Waals surface area (Å²) in [6.45, 7) is 6.59. The van der Waals surface area contributed by atoms with Crippen LogP contribution in [0.1, 0.15) is 19.3 Å². The van der Waals surface area contributed by atoms with Gasteiger partial charge in [-0.2, -0.15) is 0 Å². The van der Waals surface area contributed by atoms with Crippen molar-refractivity contribution in [3.05, 3.63) is 0 Å². The van der Waals surface area contributed by atoms with Crippen molar-refractivity contribution in [1.29, 1.82) is 0 Å². The molecule has 3 aliphatic carbocycles. The van der Waals surface area contributed by atoms with Gasteiger partial charge in [-0.25, -0.2) is 0 Å². The molecule has 0 aromatic heterocycles. The summed E-state index contributed by atoms with van der Waals surface area (Å²) >= 11 is 0. The second-order valence-corrected chi connectivity index (χ2v) is 5.56. The second-order valence-electron chi connectivity index (χ2n) is 5.56. The van der Waals surface area contributed by atoms with Crippen molar-refractivity contribution in [2.24, 2.45) is 11.3 Å². The predicted molar refractivity (Wildman–Crippen MR) is 53.7 cm³/mol. The summed E-state index contributed by atoms with van der Waals surface area (Å²) in [6, 6.07) is 0. The quantitative estimate of drug-likeness (QED) is 0.626. The largest absolute Gasteiger partial charge is 0.304 e. The fourth-order valence-corrected chi connectivity index (χ4v) is 3.33. The molecule has 74 valence electrons. The van der Waals surface area contributed by atoms with Crippen LogP contribution in [0, 0.1) is 11.3 Å². The molecule has 0 aromatic carbocycles. The summed E-state index contributed by atoms with van der Waals surface area (Å²) in [6.07, 6.45) is 4.66. The lowest BCUT2D eigenvalue weighted by molar-refractivity contribution is -0.127. The van der Waals surface area contributed by atoms with Gasteiger partial charge in [0, 0.05) is 32.7 Å². The minimum absolute atomic E-state index is 0.820. The van der Waals surface area contributed by atoms with Crippen LogP contribution < -0.4 is 0 Å². The third-order valence-electron chi connectivity index (χ3n) is 4.32. The van der Waals surface area contributed by atoms with Crippen LogP contribution in [0.2, 0.25) is 0 Å². The van der Waals surface area contributed by atoms with Crippen molar-refractivity contribution in [1.82, 2.24) is 9.80 Å². The minimum Gasteiger partial charge on any atom is -0.304 e. The maximum atomic E-state index is 2.69. The molecule has 4 rings (SSSR count). The Labute approximate surface area is 80.9 Å². The second kappa shape index (κ2) is 2.71. The van der Waals surface area contributed by atoms with Gasteiger partial charge in [-0.15, -0.1) is 0 Å². The normalized spacial score (nSPS) is 45.5. The summed E-state index contributed by atoms with van der Waals surface area (Å²) in [5.74, 6) is 1.15. The van der Waals surface area contributed by atoms with Crippen LogP contribution in [-0.4, -0.2) is 49.6 Å². The Hall–Kier alpha value is -0.0800. The monoisotopic (exact) mass is 180 g/mol. The number of hydrogen-bond donors (Lipinski definition) is 0. The topological polar surface area (TPSA) is 6.48 Å². The van der Waals surface area contributed by atoms with E-state index in [-0.39, 0.29) is 0 Å². The molecule has 1 saturated heterocycles. The first kappa shape index (κ1) is 8.25. The molecule has 2 bridgehead atoms. The van der Waals surface area contributed by atoms with Gasteiger partial charge in [0.1, 0.15) is 0 Å². The van der Waals surface area contributed by atoms with Gasteiger partial charge < -0.3 is 9.80 Å². The lowest BCUT2D eigenvalue weighted by Crippen LogP contribution is -2.59. The van der Waals surface area contributed by atoms with Gasteiger partial charge in [-0.3, -0.25) is 0 Å². The SMILES string of the molecule is CN1CCN(CC23CC(C2)C3)CC1. The highest BCUT2D eigenvalue weighted by Gasteiger charge is 2.56. The molecular weight excluding hydrogens is 160 g/mol. The van der Waals surface area contributed by atoms with Gasteiger partial charge in [0.2, 0.25) is 0 Å². The molecule has 2 nitrogen and oxygen atoms in total. The predicted octanol–water partition coefficient (Wildman–Crippen LogP) is 1.03. The molecule has 0 N–H and O–H groups in total. The first-order valence-corrected chi connectivity index (χ1v) is 5.67. The van der Waals surface area contributed by atoms with Crippen molar-refractivity contribution < 1.29 is 0 Å². The molecule has 13 heavy (non-hydrogen) atoms. The summed E-state index contributed by atoms with van der Waals surface area (Å²) in [5, 5.41) is 0. The van der Waals surface area contributed by atoms with E-state index < -0.39 is 0 Å². The van der Waals surface area contributed by atoms with E-state index in [1.807, 2.05) is 0 Å². The summed E-state index contributed by atoms with van der Waals surface area (Å²) < 4.78 is 0. The van der Waals surface area contributed by atoms with Crippen molar-refractivity contribution in [3.63, 3.8) is 0 Å². The minimum atomic E-state index is 0.820. The van der Waals surface area contributed by atoms with E-state index in [1.165, 1.54) is 32.7 Å². The standard InChI is InChI=1S/C11H20N2/c1-12-2-4-13(5-3-12)9-11-6-10(7-11)8-11/h10H,2-9H2,1H3. The van der Waals surface area contributed by atoms with E-state index in [4.69, 9.17) is 0 Å². The van der Waals surface area contributed by atoms with Crippen LogP contribution in [0.4, 0.5) is 0 Å². The molecular formula is C11H20N2. The Kier molecular flexibility index (Phi) is 1.72. The molecule has 3 saturated carbocycles. The van der Waals surface area contributed by atoms with Crippen LogP contribution in [0.25, 0.3) is 0 Å². The van der Waals surface area contributed by atoms with E-state index in [1.54, 1.807) is 19.3 Å². The number of piperazine rings is 1. The molecule has 1 aliphatic heterocycles. The van der Waals surface area contributed by atoms with Gasteiger partial charge in [0.05, 0.1) is 0 Å². The first-order chi connectivity index (χ1) is 6.26. The average Bonchev–Trinajstić information content (AvgIpc) is 1.98. The van der Waals surface area contributed by atoms with E-state index >= 15 is 0 Å². The highest BCUT2D eigenvalue weighted by molar-refractivity contribution is 5.08. The number of rotatable bonds is 2. The van der Waals surface area contributed by atoms with Crippen molar-refractivity contribution in [2.75, 3.05) is 39.8 Å². The Morgan fingerprint density at radius 3 is 2.15 bits per heavy atom. The zero-order chi connectivity index (χ0) is 8.89. The highest BCUT2D eigenvalue weighted by atomic mass is 15.2. The Balaban J connectivity index is 1.50. The van der Waals surface area contributed by atoms with Gasteiger partial charge >= 0.3 is 0 Å². The third-order valence-corrected chi connectivity index (χ3v) is 4.32. The molecule has 0 aromatic rings. The number of hydrogen-bond acceptors (Lipinski definition) is 2.